The molecule has 0 saturated carbocycles. The van der Waals surface area contributed by atoms with Crippen LogP contribution in [-0.4, -0.2) is 35.2 Å². The van der Waals surface area contributed by atoms with Gasteiger partial charge in [0.1, 0.15) is 6.04 Å². The fourth-order valence-electron chi connectivity index (χ4n) is 2.39. The maximum Gasteiger partial charge on any atom is 0.417 e. The summed E-state index contributed by atoms with van der Waals surface area (Å²) in [5, 5.41) is 15.3. The summed E-state index contributed by atoms with van der Waals surface area (Å²) in [6, 6.07) is 4.14. The summed E-state index contributed by atoms with van der Waals surface area (Å²) in [5.41, 5.74) is 1.83. The Morgan fingerprint density at radius 2 is 2.11 bits per heavy atom. The van der Waals surface area contributed by atoms with E-state index in [0.717, 1.165) is 5.56 Å². The Morgan fingerprint density at radius 1 is 1.32 bits per heavy atom. The molecule has 0 spiro atoms. The largest absolute Gasteiger partial charge is 0.480 e. The summed E-state index contributed by atoms with van der Waals surface area (Å²) in [6.45, 7) is 1.30. The minimum atomic E-state index is -0.905. The van der Waals surface area contributed by atoms with Crippen LogP contribution in [0.1, 0.15) is 11.6 Å². The fourth-order valence-corrected chi connectivity index (χ4v) is 2.39. The fraction of sp³-hybridized carbons (Fsp3) is 0.333. The van der Waals surface area contributed by atoms with Crippen molar-refractivity contribution in [3.05, 3.63) is 34.3 Å². The normalized spacial score (nSPS) is 23.6. The van der Waals surface area contributed by atoms with Gasteiger partial charge >= 0.3 is 11.7 Å². The zero-order valence-electron chi connectivity index (χ0n) is 9.97. The standard InChI is InChI=1S/C12H13N3O4/c16-11(17)10-9(13-3-4-14-10)6-1-2-8-7(5-6)15-12(18)19-8/h1-2,5,9-10,13-14H,3-4H2,(H,15,18)(H,16,17). The molecule has 7 heteroatoms. The molecule has 0 radical (unpaired) electrons. The molecule has 1 aliphatic heterocycles. The van der Waals surface area contributed by atoms with Gasteiger partial charge in [-0.3, -0.25) is 9.78 Å². The Kier molecular flexibility index (Phi) is 2.84. The minimum absolute atomic E-state index is 0.339. The SMILES string of the molecule is O=C(O)C1NCCNC1c1ccc2oc(=O)[nH]c2c1. The van der Waals surface area contributed by atoms with E-state index in [1.165, 1.54) is 0 Å². The van der Waals surface area contributed by atoms with Crippen LogP contribution in [0.5, 0.6) is 0 Å². The molecule has 0 amide bonds. The first-order chi connectivity index (χ1) is 9.15. The number of fused-ring (bicyclic) bond motifs is 1. The molecule has 2 unspecified atom stereocenters. The minimum Gasteiger partial charge on any atom is -0.480 e. The molecule has 1 fully saturated rings. The molecule has 2 aromatic rings. The second kappa shape index (κ2) is 4.52. The number of hydrogen-bond donors (Lipinski definition) is 4. The van der Waals surface area contributed by atoms with Crippen molar-refractivity contribution in [1.82, 2.24) is 15.6 Å². The zero-order valence-corrected chi connectivity index (χ0v) is 9.97. The van der Waals surface area contributed by atoms with Crippen molar-refractivity contribution >= 4 is 17.1 Å². The second-order valence-electron chi connectivity index (χ2n) is 4.47. The summed E-state index contributed by atoms with van der Waals surface area (Å²) in [7, 11) is 0. The van der Waals surface area contributed by atoms with Crippen molar-refractivity contribution in [2.75, 3.05) is 13.1 Å². The van der Waals surface area contributed by atoms with Gasteiger partial charge in [0.2, 0.25) is 0 Å². The van der Waals surface area contributed by atoms with Gasteiger partial charge < -0.3 is 20.2 Å². The predicted molar refractivity (Wildman–Crippen MR) is 67.0 cm³/mol. The summed E-state index contributed by atoms with van der Waals surface area (Å²) in [5.74, 6) is -1.42. The van der Waals surface area contributed by atoms with Crippen molar-refractivity contribution in [3.63, 3.8) is 0 Å². The third kappa shape index (κ3) is 2.13. The molecule has 2 heterocycles. The number of H-pyrrole nitrogens is 1. The molecule has 19 heavy (non-hydrogen) atoms. The number of benzene rings is 1. The van der Waals surface area contributed by atoms with Gasteiger partial charge in [-0.1, -0.05) is 6.07 Å². The second-order valence-corrected chi connectivity index (χ2v) is 4.47. The van der Waals surface area contributed by atoms with Gasteiger partial charge in [-0.25, -0.2) is 4.79 Å². The van der Waals surface area contributed by atoms with Crippen molar-refractivity contribution in [1.29, 1.82) is 0 Å². The highest BCUT2D eigenvalue weighted by Crippen LogP contribution is 2.22. The number of carboxylic acid groups (broad SMARTS) is 1. The molecule has 1 aromatic heterocycles. The molecule has 1 saturated heterocycles. The molecule has 1 aliphatic rings. The molecule has 0 aliphatic carbocycles. The smallest absolute Gasteiger partial charge is 0.417 e. The van der Waals surface area contributed by atoms with Gasteiger partial charge in [-0.2, -0.15) is 0 Å². The lowest BCUT2D eigenvalue weighted by Gasteiger charge is -2.31. The van der Waals surface area contributed by atoms with Gasteiger partial charge in [-0.15, -0.1) is 0 Å². The summed E-state index contributed by atoms with van der Waals surface area (Å²) < 4.78 is 4.92. The van der Waals surface area contributed by atoms with E-state index < -0.39 is 17.8 Å². The monoisotopic (exact) mass is 263 g/mol. The average Bonchev–Trinajstić information content (AvgIpc) is 2.77. The number of hydrogen-bond acceptors (Lipinski definition) is 5. The molecule has 100 valence electrons. The van der Waals surface area contributed by atoms with Crippen LogP contribution in [0.15, 0.2) is 27.4 Å². The van der Waals surface area contributed by atoms with Gasteiger partial charge in [0, 0.05) is 13.1 Å². The van der Waals surface area contributed by atoms with Crippen LogP contribution in [0.3, 0.4) is 0 Å². The summed E-state index contributed by atoms with van der Waals surface area (Å²) in [4.78, 5) is 24.9. The Balaban J connectivity index is 2.01. The lowest BCUT2D eigenvalue weighted by molar-refractivity contribution is -0.140. The lowest BCUT2D eigenvalue weighted by Crippen LogP contribution is -2.54. The first-order valence-electron chi connectivity index (χ1n) is 5.97. The van der Waals surface area contributed by atoms with Crippen LogP contribution in [-0.2, 0) is 4.79 Å². The maximum atomic E-state index is 11.2. The quantitative estimate of drug-likeness (QED) is 0.598. The predicted octanol–water partition coefficient (Wildman–Crippen LogP) is -0.192. The number of aromatic amines is 1. The topological polar surface area (TPSA) is 107 Å². The molecule has 3 rings (SSSR count). The summed E-state index contributed by atoms with van der Waals surface area (Å²) in [6.07, 6.45) is 0. The van der Waals surface area contributed by atoms with E-state index in [0.29, 0.717) is 24.2 Å². The first kappa shape index (κ1) is 11.9. The van der Waals surface area contributed by atoms with Gasteiger partial charge in [-0.05, 0) is 17.7 Å². The lowest BCUT2D eigenvalue weighted by atomic mass is 9.97. The number of aromatic nitrogens is 1. The maximum absolute atomic E-state index is 11.2. The Morgan fingerprint density at radius 3 is 2.89 bits per heavy atom. The highest BCUT2D eigenvalue weighted by atomic mass is 16.4. The Bertz CT molecular complexity index is 675. The van der Waals surface area contributed by atoms with Crippen molar-refractivity contribution in [2.24, 2.45) is 0 Å². The number of oxazole rings is 1. The van der Waals surface area contributed by atoms with Gasteiger partial charge in [0.05, 0.1) is 11.6 Å². The van der Waals surface area contributed by atoms with E-state index in [4.69, 9.17) is 4.42 Å². The van der Waals surface area contributed by atoms with Crippen molar-refractivity contribution in [3.8, 4) is 0 Å². The zero-order chi connectivity index (χ0) is 13.4. The van der Waals surface area contributed by atoms with Gasteiger partial charge in [0.15, 0.2) is 5.58 Å². The highest BCUT2D eigenvalue weighted by Gasteiger charge is 2.31. The number of nitrogens with one attached hydrogen (secondary N) is 3. The molecular formula is C12H13N3O4. The van der Waals surface area contributed by atoms with Crippen molar-refractivity contribution in [2.45, 2.75) is 12.1 Å². The molecule has 2 atom stereocenters. The molecule has 7 nitrogen and oxygen atoms in total. The van der Waals surface area contributed by atoms with E-state index in [-0.39, 0.29) is 6.04 Å². The third-order valence-electron chi connectivity index (χ3n) is 3.26. The molecular weight excluding hydrogens is 250 g/mol. The van der Waals surface area contributed by atoms with E-state index in [1.807, 2.05) is 0 Å². The molecule has 4 N–H and O–H groups in total. The van der Waals surface area contributed by atoms with Crippen LogP contribution in [0.4, 0.5) is 0 Å². The van der Waals surface area contributed by atoms with E-state index in [2.05, 4.69) is 15.6 Å². The third-order valence-corrected chi connectivity index (χ3v) is 3.26. The number of carboxylic acids is 1. The van der Waals surface area contributed by atoms with E-state index >= 15 is 0 Å². The first-order valence-corrected chi connectivity index (χ1v) is 5.97. The van der Waals surface area contributed by atoms with E-state index in [9.17, 15) is 14.7 Å². The van der Waals surface area contributed by atoms with Crippen LogP contribution >= 0.6 is 0 Å². The number of aliphatic carboxylic acids is 1. The van der Waals surface area contributed by atoms with E-state index in [1.54, 1.807) is 18.2 Å². The Hall–Kier alpha value is -2.12. The number of piperazine rings is 1. The molecule has 1 aromatic carbocycles. The number of carbonyl (C=O) groups is 1. The Labute approximate surface area is 107 Å². The summed E-state index contributed by atoms with van der Waals surface area (Å²) >= 11 is 0. The van der Waals surface area contributed by atoms with Crippen molar-refractivity contribution < 1.29 is 14.3 Å². The van der Waals surface area contributed by atoms with Crippen LogP contribution in [0, 0.1) is 0 Å². The number of rotatable bonds is 2. The molecule has 0 bridgehead atoms. The average molecular weight is 263 g/mol. The van der Waals surface area contributed by atoms with Crippen LogP contribution < -0.4 is 16.4 Å². The van der Waals surface area contributed by atoms with Crippen LogP contribution in [0.2, 0.25) is 0 Å². The van der Waals surface area contributed by atoms with Crippen LogP contribution in [0.25, 0.3) is 11.1 Å². The highest BCUT2D eigenvalue weighted by molar-refractivity contribution is 5.77. The van der Waals surface area contributed by atoms with Gasteiger partial charge in [0.25, 0.3) is 0 Å².